The van der Waals surface area contributed by atoms with E-state index >= 15 is 0 Å². The number of hydrogen-bond acceptors (Lipinski definition) is 4. The van der Waals surface area contributed by atoms with Crippen molar-refractivity contribution < 1.29 is 19.5 Å². The predicted molar refractivity (Wildman–Crippen MR) is 124 cm³/mol. The third-order valence-corrected chi connectivity index (χ3v) is 7.11. The van der Waals surface area contributed by atoms with E-state index in [1.165, 1.54) is 4.90 Å². The number of carbonyl (C=O) groups is 3. The molecule has 2 aliphatic rings. The number of unbranched alkanes of at least 4 members (excludes halogenated alkanes) is 1. The average Bonchev–Trinajstić information content (AvgIpc) is 3.32. The van der Waals surface area contributed by atoms with Gasteiger partial charge in [-0.05, 0) is 28.3 Å². The van der Waals surface area contributed by atoms with Crippen molar-refractivity contribution in [2.75, 3.05) is 6.54 Å². The van der Waals surface area contributed by atoms with Crippen LogP contribution in [0.3, 0.4) is 0 Å². The highest BCUT2D eigenvalue weighted by Crippen LogP contribution is 2.53. The smallest absolute Gasteiger partial charge is 0.329 e. The predicted octanol–water partition coefficient (Wildman–Crippen LogP) is 3.87. The summed E-state index contributed by atoms with van der Waals surface area (Å²) in [5.74, 6) is -3.66. The fourth-order valence-corrected chi connectivity index (χ4v) is 5.58. The van der Waals surface area contributed by atoms with Crippen LogP contribution in [0.2, 0.25) is 0 Å². The van der Waals surface area contributed by atoms with E-state index in [9.17, 15) is 19.5 Å². The lowest BCUT2D eigenvalue weighted by atomic mass is 9.75. The van der Waals surface area contributed by atoms with Gasteiger partial charge in [-0.25, -0.2) is 4.79 Å². The lowest BCUT2D eigenvalue weighted by Gasteiger charge is -2.31. The molecule has 2 amide bonds. The maximum absolute atomic E-state index is 13.6. The molecule has 6 nitrogen and oxygen atoms in total. The van der Waals surface area contributed by atoms with Gasteiger partial charge in [0.15, 0.2) is 5.54 Å². The van der Waals surface area contributed by atoms with Gasteiger partial charge in [0.25, 0.3) is 0 Å². The van der Waals surface area contributed by atoms with Gasteiger partial charge >= 0.3 is 5.97 Å². The molecule has 0 radical (unpaired) electrons. The molecule has 168 valence electrons. The van der Waals surface area contributed by atoms with Crippen LogP contribution in [0.5, 0.6) is 0 Å². The number of rotatable bonds is 6. The van der Waals surface area contributed by atoms with Crippen LogP contribution in [0.15, 0.2) is 72.8 Å². The van der Waals surface area contributed by atoms with Crippen LogP contribution < -0.4 is 5.32 Å². The van der Waals surface area contributed by atoms with Gasteiger partial charge < -0.3 is 5.11 Å². The molecular formula is C27H26N2O4. The van der Waals surface area contributed by atoms with Gasteiger partial charge in [-0.1, -0.05) is 86.1 Å². The fourth-order valence-electron chi connectivity index (χ4n) is 5.58. The first-order valence-corrected chi connectivity index (χ1v) is 11.4. The highest BCUT2D eigenvalue weighted by Gasteiger charge is 2.69. The highest BCUT2D eigenvalue weighted by molar-refractivity contribution is 6.10. The summed E-state index contributed by atoms with van der Waals surface area (Å²) in [5, 5.41) is 15.8. The minimum Gasteiger partial charge on any atom is -0.480 e. The summed E-state index contributed by atoms with van der Waals surface area (Å²) in [7, 11) is 0. The van der Waals surface area contributed by atoms with Crippen molar-refractivity contribution in [3.63, 3.8) is 0 Å². The summed E-state index contributed by atoms with van der Waals surface area (Å²) in [6, 6.07) is 21.8. The Morgan fingerprint density at radius 3 is 2.39 bits per heavy atom. The Morgan fingerprint density at radius 2 is 1.67 bits per heavy atom. The van der Waals surface area contributed by atoms with Crippen LogP contribution in [-0.2, 0) is 19.9 Å². The fraction of sp³-hybridized carbons (Fsp3) is 0.296. The topological polar surface area (TPSA) is 86.7 Å². The summed E-state index contributed by atoms with van der Waals surface area (Å²) < 4.78 is 0. The number of carboxylic acid groups (broad SMARTS) is 1. The number of aliphatic carboxylic acids is 1. The molecule has 5 rings (SSSR count). The quantitative estimate of drug-likeness (QED) is 0.566. The Labute approximate surface area is 192 Å². The standard InChI is InChI=1S/C27H26N2O4/c1-2-3-16-29-24(30)21-22(25(29)31)27(26(32)33,18-12-5-4-6-13-18)28-23(21)20-15-9-11-17-10-7-8-14-19(17)20/h4-15,21-23,28H,2-3,16H2,1H3,(H,32,33). The van der Waals surface area contributed by atoms with Crippen molar-refractivity contribution >= 4 is 28.6 Å². The van der Waals surface area contributed by atoms with E-state index in [0.717, 1.165) is 22.8 Å². The van der Waals surface area contributed by atoms with Gasteiger partial charge in [0, 0.05) is 12.6 Å². The van der Waals surface area contributed by atoms with Crippen molar-refractivity contribution in [1.82, 2.24) is 10.2 Å². The van der Waals surface area contributed by atoms with E-state index in [2.05, 4.69) is 5.32 Å². The molecule has 4 atom stereocenters. The summed E-state index contributed by atoms with van der Waals surface area (Å²) in [6.45, 7) is 2.31. The monoisotopic (exact) mass is 442 g/mol. The largest absolute Gasteiger partial charge is 0.480 e. The number of fused-ring (bicyclic) bond motifs is 2. The third-order valence-electron chi connectivity index (χ3n) is 7.11. The number of carbonyl (C=O) groups excluding carboxylic acids is 2. The molecule has 0 aromatic heterocycles. The maximum Gasteiger partial charge on any atom is 0.329 e. The molecule has 2 saturated heterocycles. The van der Waals surface area contributed by atoms with Crippen molar-refractivity contribution in [2.24, 2.45) is 11.8 Å². The Balaban J connectivity index is 1.73. The first kappa shape index (κ1) is 21.3. The Hall–Kier alpha value is -3.51. The van der Waals surface area contributed by atoms with Crippen LogP contribution >= 0.6 is 0 Å². The average molecular weight is 443 g/mol. The van der Waals surface area contributed by atoms with Gasteiger partial charge in [-0.15, -0.1) is 0 Å². The number of amides is 2. The molecule has 33 heavy (non-hydrogen) atoms. The second-order valence-corrected chi connectivity index (χ2v) is 8.85. The van der Waals surface area contributed by atoms with Crippen LogP contribution in [-0.4, -0.2) is 34.3 Å². The van der Waals surface area contributed by atoms with Crippen LogP contribution in [0.1, 0.15) is 36.9 Å². The zero-order valence-electron chi connectivity index (χ0n) is 18.4. The minimum atomic E-state index is -1.69. The van der Waals surface area contributed by atoms with Crippen LogP contribution in [0.25, 0.3) is 10.8 Å². The van der Waals surface area contributed by atoms with Gasteiger partial charge in [0.05, 0.1) is 11.8 Å². The molecule has 3 aromatic carbocycles. The number of carboxylic acids is 1. The molecule has 4 unspecified atom stereocenters. The molecule has 0 saturated carbocycles. The molecule has 2 fully saturated rings. The molecule has 2 heterocycles. The highest BCUT2D eigenvalue weighted by atomic mass is 16.4. The lowest BCUT2D eigenvalue weighted by Crippen LogP contribution is -2.53. The summed E-state index contributed by atoms with van der Waals surface area (Å²) in [4.78, 5) is 41.5. The van der Waals surface area contributed by atoms with Crippen molar-refractivity contribution in [1.29, 1.82) is 0 Å². The van der Waals surface area contributed by atoms with Crippen molar-refractivity contribution in [3.8, 4) is 0 Å². The molecule has 3 aromatic rings. The van der Waals surface area contributed by atoms with Gasteiger partial charge in [-0.3, -0.25) is 19.8 Å². The number of nitrogens with one attached hydrogen (secondary N) is 1. The van der Waals surface area contributed by atoms with Crippen LogP contribution in [0.4, 0.5) is 0 Å². The first-order chi connectivity index (χ1) is 16.0. The molecule has 2 aliphatic heterocycles. The number of hydrogen-bond donors (Lipinski definition) is 2. The van der Waals surface area contributed by atoms with Gasteiger partial charge in [0.2, 0.25) is 11.8 Å². The zero-order chi connectivity index (χ0) is 23.2. The lowest BCUT2D eigenvalue weighted by molar-refractivity contribution is -0.152. The van der Waals surface area contributed by atoms with Gasteiger partial charge in [0.1, 0.15) is 0 Å². The van der Waals surface area contributed by atoms with E-state index in [1.54, 1.807) is 24.3 Å². The SMILES string of the molecule is CCCCN1C(=O)C2C(c3cccc4ccccc34)NC(C(=O)O)(c3ccccc3)C2C1=O. The second-order valence-electron chi connectivity index (χ2n) is 8.85. The number of likely N-dealkylation sites (tertiary alicyclic amines) is 1. The Kier molecular flexibility index (Phi) is 5.25. The van der Waals surface area contributed by atoms with E-state index < -0.39 is 35.3 Å². The van der Waals surface area contributed by atoms with Crippen molar-refractivity contribution in [2.45, 2.75) is 31.3 Å². The molecule has 0 aliphatic carbocycles. The molecule has 0 bridgehead atoms. The summed E-state index contributed by atoms with van der Waals surface area (Å²) in [6.07, 6.45) is 1.52. The third kappa shape index (κ3) is 3.09. The number of imide groups is 1. The summed E-state index contributed by atoms with van der Waals surface area (Å²) in [5.41, 5.74) is -0.379. The molecule has 2 N–H and O–H groups in total. The second kappa shape index (κ2) is 8.12. The minimum absolute atomic E-state index is 0.289. The van der Waals surface area contributed by atoms with E-state index in [0.29, 0.717) is 18.5 Å². The van der Waals surface area contributed by atoms with E-state index in [-0.39, 0.29) is 5.91 Å². The number of benzene rings is 3. The molecule has 6 heteroatoms. The normalized spacial score (nSPS) is 26.7. The molecular weight excluding hydrogens is 416 g/mol. The van der Waals surface area contributed by atoms with E-state index in [1.807, 2.05) is 55.5 Å². The Bertz CT molecular complexity index is 1240. The van der Waals surface area contributed by atoms with Crippen molar-refractivity contribution in [3.05, 3.63) is 83.9 Å². The first-order valence-electron chi connectivity index (χ1n) is 11.4. The van der Waals surface area contributed by atoms with Crippen LogP contribution in [0, 0.1) is 11.8 Å². The molecule has 0 spiro atoms. The zero-order valence-corrected chi connectivity index (χ0v) is 18.4. The Morgan fingerprint density at radius 1 is 0.970 bits per heavy atom. The summed E-state index contributed by atoms with van der Waals surface area (Å²) >= 11 is 0. The maximum atomic E-state index is 13.6. The number of nitrogens with zero attached hydrogens (tertiary/aromatic N) is 1. The van der Waals surface area contributed by atoms with E-state index in [4.69, 9.17) is 0 Å². The van der Waals surface area contributed by atoms with Gasteiger partial charge in [-0.2, -0.15) is 0 Å².